The maximum Gasteiger partial charge on any atom is 0.418 e. The van der Waals surface area contributed by atoms with Crippen molar-refractivity contribution in [2.75, 3.05) is 0 Å². The molecular weight excluding hydrogens is 570 g/mol. The van der Waals surface area contributed by atoms with Crippen molar-refractivity contribution < 1.29 is 37.4 Å². The zero-order chi connectivity index (χ0) is 33.6. The van der Waals surface area contributed by atoms with Gasteiger partial charge in [0, 0.05) is 24.9 Å². The fourth-order valence-electron chi connectivity index (χ4n) is 4.57. The quantitative estimate of drug-likeness (QED) is 0.201. The van der Waals surface area contributed by atoms with E-state index in [-0.39, 0.29) is 47.4 Å². The summed E-state index contributed by atoms with van der Waals surface area (Å²) >= 11 is 0. The first-order valence-corrected chi connectivity index (χ1v) is 14.8. The molecule has 0 aliphatic rings. The summed E-state index contributed by atoms with van der Waals surface area (Å²) in [7, 11) is 0. The number of ether oxygens (including phenoxy) is 2. The standard InChI is InChI=1S/C34H46F2N2O6/c1-19(2)25(37)17-27(39)33(5,6)29(21-9-13-23(35)14-10-21)43-31(41)32(42)44-30(22-11-15-24(36)16-12-22)34(7,8)28(40)18-26(38)20(3)4/h9-16,19-20,25-26,29-30H,17-18,37-38H2,1-8H3. The van der Waals surface area contributed by atoms with Gasteiger partial charge in [-0.3, -0.25) is 9.59 Å². The summed E-state index contributed by atoms with van der Waals surface area (Å²) in [6.07, 6.45) is -2.66. The maximum atomic E-state index is 13.8. The zero-order valence-electron chi connectivity index (χ0n) is 26.9. The van der Waals surface area contributed by atoms with E-state index in [0.29, 0.717) is 0 Å². The number of rotatable bonds is 14. The molecule has 44 heavy (non-hydrogen) atoms. The molecule has 0 aliphatic heterocycles. The first-order chi connectivity index (χ1) is 20.3. The van der Waals surface area contributed by atoms with Crippen LogP contribution in [0.1, 0.15) is 91.6 Å². The van der Waals surface area contributed by atoms with E-state index in [2.05, 4.69) is 0 Å². The third-order valence-corrected chi connectivity index (χ3v) is 8.27. The Kier molecular flexibility index (Phi) is 12.5. The average molecular weight is 617 g/mol. The fourth-order valence-corrected chi connectivity index (χ4v) is 4.57. The number of benzene rings is 2. The van der Waals surface area contributed by atoms with Gasteiger partial charge in [-0.05, 0) is 74.9 Å². The summed E-state index contributed by atoms with van der Waals surface area (Å²) < 4.78 is 38.8. The zero-order valence-corrected chi connectivity index (χ0v) is 26.9. The molecule has 0 saturated carbocycles. The predicted octanol–water partition coefficient (Wildman–Crippen LogP) is 5.77. The van der Waals surface area contributed by atoms with E-state index in [1.54, 1.807) is 27.7 Å². The molecule has 4 N–H and O–H groups in total. The smallest absolute Gasteiger partial charge is 0.418 e. The molecule has 0 heterocycles. The van der Waals surface area contributed by atoms with Gasteiger partial charge in [-0.25, -0.2) is 18.4 Å². The van der Waals surface area contributed by atoms with Crippen molar-refractivity contribution >= 4 is 23.5 Å². The Hall–Kier alpha value is -3.50. The normalized spacial score (nSPS) is 15.0. The minimum atomic E-state index is -1.43. The minimum Gasteiger partial charge on any atom is -0.448 e. The van der Waals surface area contributed by atoms with Gasteiger partial charge in [0.05, 0.1) is 10.8 Å². The largest absolute Gasteiger partial charge is 0.448 e. The summed E-state index contributed by atoms with van der Waals surface area (Å²) in [6.45, 7) is 13.7. The second-order valence-corrected chi connectivity index (χ2v) is 13.2. The molecule has 2 rings (SSSR count). The van der Waals surface area contributed by atoms with Crippen LogP contribution in [0.4, 0.5) is 8.78 Å². The van der Waals surface area contributed by atoms with E-state index >= 15 is 0 Å². The van der Waals surface area contributed by atoms with Crippen LogP contribution < -0.4 is 11.5 Å². The highest BCUT2D eigenvalue weighted by molar-refractivity contribution is 6.29. The second kappa shape index (κ2) is 15.0. The predicted molar refractivity (Wildman–Crippen MR) is 163 cm³/mol. The Labute approximate surface area is 258 Å². The van der Waals surface area contributed by atoms with E-state index in [4.69, 9.17) is 20.9 Å². The van der Waals surface area contributed by atoms with E-state index in [1.807, 2.05) is 27.7 Å². The number of carbonyl (C=O) groups excluding carboxylic acids is 4. The lowest BCUT2D eigenvalue weighted by Crippen LogP contribution is -2.41. The maximum absolute atomic E-state index is 13.8. The van der Waals surface area contributed by atoms with Crippen molar-refractivity contribution in [3.05, 3.63) is 71.3 Å². The minimum absolute atomic E-state index is 0.00102. The molecule has 4 atom stereocenters. The summed E-state index contributed by atoms with van der Waals surface area (Å²) in [4.78, 5) is 53.4. The van der Waals surface area contributed by atoms with E-state index in [1.165, 1.54) is 24.3 Å². The first kappa shape index (κ1) is 36.7. The molecule has 242 valence electrons. The lowest BCUT2D eigenvalue weighted by molar-refractivity contribution is -0.183. The SMILES string of the molecule is CC(C)C(N)CC(=O)C(C)(C)C(OC(=O)C(=O)OC(c1ccc(F)cc1)C(C)(C)C(=O)CC(N)C(C)C)c1ccc(F)cc1. The molecule has 0 spiro atoms. The van der Waals surface area contributed by atoms with Crippen LogP contribution in [0.15, 0.2) is 48.5 Å². The van der Waals surface area contributed by atoms with Gasteiger partial charge in [0.25, 0.3) is 0 Å². The van der Waals surface area contributed by atoms with Crippen LogP contribution in [0.5, 0.6) is 0 Å². The molecule has 10 heteroatoms. The van der Waals surface area contributed by atoms with Crippen LogP contribution in [0.25, 0.3) is 0 Å². The van der Waals surface area contributed by atoms with Crippen molar-refractivity contribution in [3.8, 4) is 0 Å². The Bertz CT molecular complexity index is 1200. The van der Waals surface area contributed by atoms with Gasteiger partial charge in [0.1, 0.15) is 35.4 Å². The number of esters is 2. The number of hydrogen-bond acceptors (Lipinski definition) is 8. The highest BCUT2D eigenvalue weighted by Crippen LogP contribution is 2.41. The molecule has 0 bridgehead atoms. The molecular formula is C34H46F2N2O6. The van der Waals surface area contributed by atoms with Crippen LogP contribution in [0.2, 0.25) is 0 Å². The number of carbonyl (C=O) groups is 4. The topological polar surface area (TPSA) is 139 Å². The summed E-state index contributed by atoms with van der Waals surface area (Å²) in [5.41, 5.74) is 10.1. The molecule has 0 amide bonds. The number of Topliss-reactive ketones (excluding diaryl/α,β-unsaturated/α-hetero) is 2. The van der Waals surface area contributed by atoms with Crippen molar-refractivity contribution in [3.63, 3.8) is 0 Å². The number of hydrogen-bond donors (Lipinski definition) is 2. The van der Waals surface area contributed by atoms with Crippen molar-refractivity contribution in [2.45, 2.75) is 92.5 Å². The lowest BCUT2D eigenvalue weighted by atomic mass is 9.76. The first-order valence-electron chi connectivity index (χ1n) is 14.8. The van der Waals surface area contributed by atoms with Gasteiger partial charge in [0.15, 0.2) is 0 Å². The molecule has 2 aromatic carbocycles. The number of ketones is 2. The highest BCUT2D eigenvalue weighted by Gasteiger charge is 2.45. The van der Waals surface area contributed by atoms with Crippen LogP contribution in [-0.4, -0.2) is 35.6 Å². The number of nitrogens with two attached hydrogens (primary N) is 2. The summed E-state index contributed by atoms with van der Waals surface area (Å²) in [5, 5.41) is 0. The van der Waals surface area contributed by atoms with Gasteiger partial charge in [-0.1, -0.05) is 52.0 Å². The van der Waals surface area contributed by atoms with E-state index in [9.17, 15) is 28.0 Å². The van der Waals surface area contributed by atoms with Crippen LogP contribution in [0, 0.1) is 34.3 Å². The monoisotopic (exact) mass is 616 g/mol. The Morgan fingerprint density at radius 1 is 0.614 bits per heavy atom. The van der Waals surface area contributed by atoms with Crippen molar-refractivity contribution in [1.82, 2.24) is 0 Å². The second-order valence-electron chi connectivity index (χ2n) is 13.2. The molecule has 8 nitrogen and oxygen atoms in total. The Balaban J connectivity index is 2.44. The van der Waals surface area contributed by atoms with Crippen LogP contribution >= 0.6 is 0 Å². The summed E-state index contributed by atoms with van der Waals surface area (Å²) in [5.74, 6) is -4.60. The van der Waals surface area contributed by atoms with Crippen molar-refractivity contribution in [1.29, 1.82) is 0 Å². The fraction of sp³-hybridized carbons (Fsp3) is 0.529. The van der Waals surface area contributed by atoms with Crippen LogP contribution in [0.3, 0.4) is 0 Å². The summed E-state index contributed by atoms with van der Waals surface area (Å²) in [6, 6.07) is 9.10. The van der Waals surface area contributed by atoms with Gasteiger partial charge in [0.2, 0.25) is 0 Å². The molecule has 4 unspecified atom stereocenters. The van der Waals surface area contributed by atoms with Crippen molar-refractivity contribution in [2.24, 2.45) is 34.1 Å². The third kappa shape index (κ3) is 9.25. The molecule has 0 radical (unpaired) electrons. The highest BCUT2D eigenvalue weighted by atomic mass is 19.1. The lowest BCUT2D eigenvalue weighted by Gasteiger charge is -2.35. The Morgan fingerprint density at radius 3 is 1.14 bits per heavy atom. The van der Waals surface area contributed by atoms with E-state index in [0.717, 1.165) is 24.3 Å². The molecule has 0 aliphatic carbocycles. The van der Waals surface area contributed by atoms with E-state index < -0.39 is 58.7 Å². The van der Waals surface area contributed by atoms with Gasteiger partial charge < -0.3 is 20.9 Å². The number of halogens is 2. The Morgan fingerprint density at radius 2 is 0.886 bits per heavy atom. The molecule has 0 aromatic heterocycles. The molecule has 2 aromatic rings. The van der Waals surface area contributed by atoms with Crippen LogP contribution in [-0.2, 0) is 28.7 Å². The average Bonchev–Trinajstić information content (AvgIpc) is 2.94. The van der Waals surface area contributed by atoms with Gasteiger partial charge in [-0.2, -0.15) is 0 Å². The third-order valence-electron chi connectivity index (χ3n) is 8.27. The van der Waals surface area contributed by atoms with Gasteiger partial charge >= 0.3 is 11.9 Å². The molecule has 0 fully saturated rings. The molecule has 0 saturated heterocycles. The van der Waals surface area contributed by atoms with Gasteiger partial charge in [-0.15, -0.1) is 0 Å².